The lowest BCUT2D eigenvalue weighted by Crippen LogP contribution is -2.32. The molecule has 0 amide bonds. The fourth-order valence-corrected chi connectivity index (χ4v) is 2.87. The molecule has 0 aliphatic heterocycles. The van der Waals surface area contributed by atoms with Crippen LogP contribution in [0.25, 0.3) is 0 Å². The number of hydrogen-bond donors (Lipinski definition) is 2. The standard InChI is InChI=1S/C16H25NO/c1-12(2)10-14(18)11-17-16-9-5-7-13-6-3-4-8-15(13)16/h3-4,6,8,12,14,16-18H,5,7,9-11H2,1-2H3. The van der Waals surface area contributed by atoms with Crippen LogP contribution in [-0.2, 0) is 6.42 Å². The molecule has 2 atom stereocenters. The van der Waals surface area contributed by atoms with Crippen molar-refractivity contribution in [1.82, 2.24) is 5.32 Å². The van der Waals surface area contributed by atoms with Crippen LogP contribution in [0.3, 0.4) is 0 Å². The maximum Gasteiger partial charge on any atom is 0.0667 e. The molecular weight excluding hydrogens is 222 g/mol. The molecular formula is C16H25NO. The van der Waals surface area contributed by atoms with Gasteiger partial charge in [0.25, 0.3) is 0 Å². The van der Waals surface area contributed by atoms with Crippen molar-refractivity contribution >= 4 is 0 Å². The summed E-state index contributed by atoms with van der Waals surface area (Å²) in [6.07, 6.45) is 4.28. The molecule has 1 aliphatic rings. The molecule has 0 aromatic heterocycles. The van der Waals surface area contributed by atoms with Gasteiger partial charge in [0, 0.05) is 12.6 Å². The first-order valence-corrected chi connectivity index (χ1v) is 7.16. The van der Waals surface area contributed by atoms with Gasteiger partial charge < -0.3 is 10.4 Å². The van der Waals surface area contributed by atoms with Crippen LogP contribution in [0.2, 0.25) is 0 Å². The Morgan fingerprint density at radius 2 is 2.11 bits per heavy atom. The number of nitrogens with one attached hydrogen (secondary N) is 1. The van der Waals surface area contributed by atoms with Crippen molar-refractivity contribution < 1.29 is 5.11 Å². The summed E-state index contributed by atoms with van der Waals surface area (Å²) in [6.45, 7) is 5.01. The molecule has 2 N–H and O–H groups in total. The summed E-state index contributed by atoms with van der Waals surface area (Å²) in [4.78, 5) is 0. The normalized spacial score (nSPS) is 20.8. The predicted octanol–water partition coefficient (Wildman–Crippen LogP) is 3.06. The molecule has 1 aliphatic carbocycles. The van der Waals surface area contributed by atoms with Gasteiger partial charge in [-0.2, -0.15) is 0 Å². The molecule has 1 aromatic rings. The van der Waals surface area contributed by atoms with Crippen LogP contribution in [0.5, 0.6) is 0 Å². The van der Waals surface area contributed by atoms with E-state index in [0.29, 0.717) is 18.5 Å². The number of hydrogen-bond acceptors (Lipinski definition) is 2. The third kappa shape index (κ3) is 3.56. The van der Waals surface area contributed by atoms with Crippen molar-refractivity contribution in [3.63, 3.8) is 0 Å². The lowest BCUT2D eigenvalue weighted by atomic mass is 9.87. The first kappa shape index (κ1) is 13.6. The summed E-state index contributed by atoms with van der Waals surface area (Å²) >= 11 is 0. The fourth-order valence-electron chi connectivity index (χ4n) is 2.87. The molecule has 0 heterocycles. The molecule has 0 saturated heterocycles. The molecule has 2 unspecified atom stereocenters. The van der Waals surface area contributed by atoms with Gasteiger partial charge in [-0.15, -0.1) is 0 Å². The number of aliphatic hydroxyl groups is 1. The van der Waals surface area contributed by atoms with E-state index in [4.69, 9.17) is 0 Å². The lowest BCUT2D eigenvalue weighted by molar-refractivity contribution is 0.141. The van der Waals surface area contributed by atoms with E-state index >= 15 is 0 Å². The van der Waals surface area contributed by atoms with Crippen LogP contribution in [0, 0.1) is 5.92 Å². The highest BCUT2D eigenvalue weighted by atomic mass is 16.3. The third-order valence-electron chi connectivity index (χ3n) is 3.71. The maximum absolute atomic E-state index is 9.94. The van der Waals surface area contributed by atoms with Crippen LogP contribution >= 0.6 is 0 Å². The summed E-state index contributed by atoms with van der Waals surface area (Å²) in [7, 11) is 0. The number of rotatable bonds is 5. The zero-order valence-corrected chi connectivity index (χ0v) is 11.5. The van der Waals surface area contributed by atoms with E-state index in [9.17, 15) is 5.11 Å². The number of aryl methyl sites for hydroxylation is 1. The highest BCUT2D eigenvalue weighted by Gasteiger charge is 2.20. The van der Waals surface area contributed by atoms with E-state index < -0.39 is 0 Å². The monoisotopic (exact) mass is 247 g/mol. The first-order chi connectivity index (χ1) is 8.66. The van der Waals surface area contributed by atoms with E-state index in [0.717, 1.165) is 6.42 Å². The van der Waals surface area contributed by atoms with Crippen molar-refractivity contribution in [2.24, 2.45) is 5.92 Å². The van der Waals surface area contributed by atoms with Crippen LogP contribution in [0.15, 0.2) is 24.3 Å². The van der Waals surface area contributed by atoms with E-state index in [1.807, 2.05) is 0 Å². The van der Waals surface area contributed by atoms with E-state index in [1.165, 1.54) is 30.4 Å². The summed E-state index contributed by atoms with van der Waals surface area (Å²) in [5.41, 5.74) is 2.90. The molecule has 18 heavy (non-hydrogen) atoms. The van der Waals surface area contributed by atoms with Gasteiger partial charge in [0.05, 0.1) is 6.10 Å². The largest absolute Gasteiger partial charge is 0.392 e. The smallest absolute Gasteiger partial charge is 0.0667 e. The molecule has 0 bridgehead atoms. The van der Waals surface area contributed by atoms with Crippen molar-refractivity contribution in [1.29, 1.82) is 0 Å². The summed E-state index contributed by atoms with van der Waals surface area (Å²) in [5, 5.41) is 13.5. The van der Waals surface area contributed by atoms with Gasteiger partial charge in [-0.25, -0.2) is 0 Å². The van der Waals surface area contributed by atoms with Gasteiger partial charge in [0.15, 0.2) is 0 Å². The SMILES string of the molecule is CC(C)CC(O)CNC1CCCc2ccccc21. The Morgan fingerprint density at radius 1 is 1.33 bits per heavy atom. The topological polar surface area (TPSA) is 32.3 Å². The molecule has 0 spiro atoms. The molecule has 1 aromatic carbocycles. The number of fused-ring (bicyclic) bond motifs is 1. The maximum atomic E-state index is 9.94. The number of benzene rings is 1. The highest BCUT2D eigenvalue weighted by Crippen LogP contribution is 2.29. The molecule has 100 valence electrons. The van der Waals surface area contributed by atoms with Gasteiger partial charge in [-0.3, -0.25) is 0 Å². The van der Waals surface area contributed by atoms with Crippen LogP contribution in [-0.4, -0.2) is 17.8 Å². The van der Waals surface area contributed by atoms with Crippen molar-refractivity contribution in [3.05, 3.63) is 35.4 Å². The Bertz CT molecular complexity index is 375. The van der Waals surface area contributed by atoms with Gasteiger partial charge in [-0.1, -0.05) is 38.1 Å². The molecule has 0 radical (unpaired) electrons. The van der Waals surface area contributed by atoms with Crippen molar-refractivity contribution in [3.8, 4) is 0 Å². The average molecular weight is 247 g/mol. The average Bonchev–Trinajstić information content (AvgIpc) is 2.35. The quantitative estimate of drug-likeness (QED) is 0.838. The minimum absolute atomic E-state index is 0.223. The summed E-state index contributed by atoms with van der Waals surface area (Å²) < 4.78 is 0. The highest BCUT2D eigenvalue weighted by molar-refractivity contribution is 5.32. The second-order valence-corrected chi connectivity index (χ2v) is 5.84. The van der Waals surface area contributed by atoms with E-state index in [2.05, 4.69) is 43.4 Å². The Kier molecular flexibility index (Phi) is 4.79. The van der Waals surface area contributed by atoms with E-state index in [-0.39, 0.29) is 6.10 Å². The van der Waals surface area contributed by atoms with Gasteiger partial charge >= 0.3 is 0 Å². The zero-order chi connectivity index (χ0) is 13.0. The third-order valence-corrected chi connectivity index (χ3v) is 3.71. The minimum Gasteiger partial charge on any atom is -0.392 e. The first-order valence-electron chi connectivity index (χ1n) is 7.16. The van der Waals surface area contributed by atoms with Crippen LogP contribution in [0.4, 0.5) is 0 Å². The Morgan fingerprint density at radius 3 is 2.89 bits per heavy atom. The predicted molar refractivity (Wildman–Crippen MR) is 75.6 cm³/mol. The van der Waals surface area contributed by atoms with Crippen LogP contribution in [0.1, 0.15) is 50.3 Å². The number of aliphatic hydroxyl groups excluding tert-OH is 1. The molecule has 2 heteroatoms. The molecule has 2 nitrogen and oxygen atoms in total. The van der Waals surface area contributed by atoms with Gasteiger partial charge in [-0.05, 0) is 42.7 Å². The molecule has 0 fully saturated rings. The Labute approximate surface area is 110 Å². The zero-order valence-electron chi connectivity index (χ0n) is 11.5. The summed E-state index contributed by atoms with van der Waals surface area (Å²) in [5.74, 6) is 0.556. The Balaban J connectivity index is 1.91. The fraction of sp³-hybridized carbons (Fsp3) is 0.625. The summed E-state index contributed by atoms with van der Waals surface area (Å²) in [6, 6.07) is 9.11. The second kappa shape index (κ2) is 6.35. The van der Waals surface area contributed by atoms with E-state index in [1.54, 1.807) is 0 Å². The van der Waals surface area contributed by atoms with Gasteiger partial charge in [0.1, 0.15) is 0 Å². The minimum atomic E-state index is -0.223. The molecule has 0 saturated carbocycles. The van der Waals surface area contributed by atoms with Crippen molar-refractivity contribution in [2.75, 3.05) is 6.54 Å². The molecule has 2 rings (SSSR count). The second-order valence-electron chi connectivity index (χ2n) is 5.84. The Hall–Kier alpha value is -0.860. The van der Waals surface area contributed by atoms with Crippen LogP contribution < -0.4 is 5.32 Å². The van der Waals surface area contributed by atoms with Gasteiger partial charge in [0.2, 0.25) is 0 Å². The lowest BCUT2D eigenvalue weighted by Gasteiger charge is -2.27. The van der Waals surface area contributed by atoms with Crippen molar-refractivity contribution in [2.45, 2.75) is 51.7 Å².